The molecule has 10 heteroatoms. The van der Waals surface area contributed by atoms with Crippen LogP contribution in [0.25, 0.3) is 34.3 Å². The van der Waals surface area contributed by atoms with E-state index in [9.17, 15) is 0 Å². The zero-order valence-corrected chi connectivity index (χ0v) is 22.8. The van der Waals surface area contributed by atoms with Gasteiger partial charge in [-0.25, -0.2) is 4.98 Å². The molecule has 0 bridgehead atoms. The molecule has 0 unspecified atom stereocenters. The number of rotatable bonds is 10. The molecule has 2 heterocycles. The monoisotopic (exact) mass is 526 g/mol. The molecule has 0 radical (unpaired) electrons. The quantitative estimate of drug-likeness (QED) is 0.242. The molecule has 2 aromatic carbocycles. The lowest BCUT2D eigenvalue weighted by Gasteiger charge is -2.10. The van der Waals surface area contributed by atoms with Gasteiger partial charge in [-0.05, 0) is 50.8 Å². The fourth-order valence-electron chi connectivity index (χ4n) is 3.50. The van der Waals surface area contributed by atoms with Gasteiger partial charge in [-0.1, -0.05) is 38.1 Å². The van der Waals surface area contributed by atoms with Gasteiger partial charge in [0.15, 0.2) is 0 Å². The molecule has 0 aliphatic rings. The van der Waals surface area contributed by atoms with Gasteiger partial charge in [-0.15, -0.1) is 22.0 Å². The predicted molar refractivity (Wildman–Crippen MR) is 152 cm³/mol. The first-order valence-corrected chi connectivity index (χ1v) is 12.7. The Morgan fingerprint density at radius 1 is 0.946 bits per heavy atom. The first kappa shape index (κ1) is 30.1. The smallest absolute Gasteiger partial charge is 0.268 e. The maximum absolute atomic E-state index is 6.01. The molecular weight excluding hydrogens is 488 g/mol. The zero-order valence-electron chi connectivity index (χ0n) is 21.9. The van der Waals surface area contributed by atoms with Gasteiger partial charge in [0.2, 0.25) is 5.89 Å². The van der Waals surface area contributed by atoms with Crippen molar-refractivity contribution in [2.45, 2.75) is 37.5 Å². The van der Waals surface area contributed by atoms with Crippen molar-refractivity contribution < 1.29 is 16.8 Å². The number of likely N-dealkylation sites (N-methyl/N-ethyl adjacent to an activating group) is 1. The van der Waals surface area contributed by atoms with Crippen molar-refractivity contribution in [2.24, 2.45) is 0 Å². The van der Waals surface area contributed by atoms with Crippen LogP contribution >= 0.6 is 11.8 Å². The Morgan fingerprint density at radius 3 is 2.24 bits per heavy atom. The fraction of sp³-hybridized carbons (Fsp3) is 0.333. The fourth-order valence-corrected chi connectivity index (χ4v) is 4.34. The Hall–Kier alpha value is -3.15. The van der Waals surface area contributed by atoms with Crippen LogP contribution < -0.4 is 5.32 Å². The molecule has 0 saturated carbocycles. The molecule has 37 heavy (non-hydrogen) atoms. The number of thioether (sulfide) groups is 1. The summed E-state index contributed by atoms with van der Waals surface area (Å²) in [6, 6.07) is 16.6. The summed E-state index contributed by atoms with van der Waals surface area (Å²) in [5.74, 6) is 0.835. The lowest BCUT2D eigenvalue weighted by molar-refractivity contribution is 0.400. The molecule has 0 saturated heterocycles. The molecule has 5 N–H and O–H groups in total. The van der Waals surface area contributed by atoms with E-state index in [1.807, 2.05) is 30.8 Å². The number of hydrogen-bond donors (Lipinski definition) is 1. The average Bonchev–Trinajstić information content (AvgIpc) is 3.33. The molecular formula is C27H38N6O3S. The minimum absolute atomic E-state index is 0. The van der Waals surface area contributed by atoms with E-state index in [2.05, 4.69) is 89.7 Å². The number of nitrogens with zero attached hydrogens (tertiary/aromatic N) is 5. The van der Waals surface area contributed by atoms with Gasteiger partial charge in [0.25, 0.3) is 5.89 Å². The van der Waals surface area contributed by atoms with E-state index < -0.39 is 0 Å². The van der Waals surface area contributed by atoms with Crippen molar-refractivity contribution in [1.29, 1.82) is 0 Å². The zero-order chi connectivity index (χ0) is 24.8. The molecule has 0 aliphatic heterocycles. The summed E-state index contributed by atoms with van der Waals surface area (Å²) in [6.45, 7) is 9.05. The van der Waals surface area contributed by atoms with Crippen molar-refractivity contribution in [1.82, 2.24) is 30.4 Å². The highest BCUT2D eigenvalue weighted by molar-refractivity contribution is 7.99. The molecule has 4 rings (SSSR count). The second-order valence-electron chi connectivity index (χ2n) is 8.97. The first-order valence-electron chi connectivity index (χ1n) is 11.8. The summed E-state index contributed by atoms with van der Waals surface area (Å²) >= 11 is 1.84. The van der Waals surface area contributed by atoms with E-state index in [4.69, 9.17) is 9.40 Å². The van der Waals surface area contributed by atoms with Gasteiger partial charge in [0.05, 0.1) is 17.6 Å². The van der Waals surface area contributed by atoms with E-state index in [0.29, 0.717) is 22.7 Å². The first-order chi connectivity index (χ1) is 16.9. The summed E-state index contributed by atoms with van der Waals surface area (Å²) in [5, 5.41) is 12.5. The standard InChI is InChI=1S/C27H32N6OS.2H2O.H2/c1-18(2)35-23-12-10-21(11-13-23)24-17-29-19(3)25(30-24)27-32-31-26(34-27)22-8-6-20(7-9-22)16-28-14-15-33(4)5;;;/h6-13,17-18,28H,14-16H2,1-5H3;2*1H2;1H. The Morgan fingerprint density at radius 2 is 1.59 bits per heavy atom. The number of aryl methyl sites for hydroxylation is 1. The van der Waals surface area contributed by atoms with Crippen LogP contribution in [-0.4, -0.2) is 68.5 Å². The van der Waals surface area contributed by atoms with Crippen molar-refractivity contribution in [3.8, 4) is 34.3 Å². The van der Waals surface area contributed by atoms with Crippen LogP contribution in [0.1, 0.15) is 26.5 Å². The molecule has 0 fully saturated rings. The summed E-state index contributed by atoms with van der Waals surface area (Å²) < 4.78 is 6.01. The third-order valence-electron chi connectivity index (χ3n) is 5.37. The van der Waals surface area contributed by atoms with Crippen LogP contribution in [0.3, 0.4) is 0 Å². The second kappa shape index (κ2) is 14.0. The van der Waals surface area contributed by atoms with Crippen LogP contribution in [0.2, 0.25) is 0 Å². The number of nitrogens with one attached hydrogen (secondary N) is 1. The average molecular weight is 527 g/mol. The molecule has 2 aromatic heterocycles. The summed E-state index contributed by atoms with van der Waals surface area (Å²) in [6.07, 6.45) is 1.78. The minimum Gasteiger partial charge on any atom is -0.415 e. The predicted octanol–water partition coefficient (Wildman–Crippen LogP) is 3.92. The molecule has 200 valence electrons. The van der Waals surface area contributed by atoms with Crippen LogP contribution in [0.5, 0.6) is 0 Å². The highest BCUT2D eigenvalue weighted by Gasteiger charge is 2.16. The van der Waals surface area contributed by atoms with Crippen LogP contribution in [-0.2, 0) is 6.54 Å². The Bertz CT molecular complexity index is 1250. The molecule has 4 aromatic rings. The SMILES string of the molecule is Cc1ncc(-c2ccc(SC(C)C)cc2)nc1-c1nnc(-c2ccc(CNCCN(C)C)cc2)o1.O.O.[HH]. The highest BCUT2D eigenvalue weighted by Crippen LogP contribution is 2.29. The van der Waals surface area contributed by atoms with Gasteiger partial charge < -0.3 is 25.6 Å². The largest absolute Gasteiger partial charge is 0.415 e. The van der Waals surface area contributed by atoms with Crippen LogP contribution in [0.15, 0.2) is 64.0 Å². The van der Waals surface area contributed by atoms with E-state index in [0.717, 1.165) is 42.1 Å². The van der Waals surface area contributed by atoms with E-state index in [1.165, 1.54) is 10.5 Å². The van der Waals surface area contributed by atoms with Gasteiger partial charge >= 0.3 is 0 Å². The summed E-state index contributed by atoms with van der Waals surface area (Å²) in [5.41, 5.74) is 5.21. The Balaban J connectivity index is 0.00000241. The third-order valence-corrected chi connectivity index (χ3v) is 6.39. The van der Waals surface area contributed by atoms with Crippen molar-refractivity contribution in [3.05, 3.63) is 66.0 Å². The number of aromatic nitrogens is 4. The molecule has 9 nitrogen and oxygen atoms in total. The lowest BCUT2D eigenvalue weighted by Crippen LogP contribution is -2.26. The Kier molecular flexibility index (Phi) is 11.4. The number of benzene rings is 2. The third kappa shape index (κ3) is 8.17. The van der Waals surface area contributed by atoms with E-state index in [1.54, 1.807) is 6.20 Å². The van der Waals surface area contributed by atoms with Gasteiger partial charge in [0.1, 0.15) is 5.69 Å². The molecule has 0 atom stereocenters. The Labute approximate surface area is 223 Å². The normalized spacial score (nSPS) is 10.9. The summed E-state index contributed by atoms with van der Waals surface area (Å²) in [7, 11) is 4.14. The van der Waals surface area contributed by atoms with Crippen LogP contribution in [0, 0.1) is 6.92 Å². The van der Waals surface area contributed by atoms with Crippen molar-refractivity contribution in [3.63, 3.8) is 0 Å². The topological polar surface area (TPSA) is 143 Å². The van der Waals surface area contributed by atoms with Gasteiger partial charge in [0, 0.05) is 42.3 Å². The molecule has 0 aliphatic carbocycles. The second-order valence-corrected chi connectivity index (χ2v) is 10.6. The maximum atomic E-state index is 6.01. The van der Waals surface area contributed by atoms with E-state index >= 15 is 0 Å². The number of hydrogen-bond acceptors (Lipinski definition) is 8. The highest BCUT2D eigenvalue weighted by atomic mass is 32.2. The lowest BCUT2D eigenvalue weighted by atomic mass is 10.1. The van der Waals surface area contributed by atoms with Crippen molar-refractivity contribution >= 4 is 11.8 Å². The summed E-state index contributed by atoms with van der Waals surface area (Å²) in [4.78, 5) is 12.7. The van der Waals surface area contributed by atoms with Gasteiger partial charge in [-0.3, -0.25) is 4.98 Å². The van der Waals surface area contributed by atoms with Crippen LogP contribution in [0.4, 0.5) is 0 Å². The van der Waals surface area contributed by atoms with Crippen molar-refractivity contribution in [2.75, 3.05) is 27.2 Å². The van der Waals surface area contributed by atoms with E-state index in [-0.39, 0.29) is 12.4 Å². The minimum atomic E-state index is 0. The maximum Gasteiger partial charge on any atom is 0.268 e. The molecule has 0 spiro atoms. The van der Waals surface area contributed by atoms with Gasteiger partial charge in [-0.2, -0.15) is 0 Å². The molecule has 0 amide bonds.